The number of thioether (sulfide) groups is 1. The Bertz CT molecular complexity index is 848. The quantitative estimate of drug-likeness (QED) is 0.482. The zero-order valence-corrected chi connectivity index (χ0v) is 19.5. The lowest BCUT2D eigenvalue weighted by Crippen LogP contribution is -2.47. The molecule has 1 amide bonds. The number of aromatic nitrogens is 1. The Morgan fingerprint density at radius 1 is 1.23 bits per heavy atom. The molecule has 3 rings (SSSR count). The smallest absolute Gasteiger partial charge is 0.244 e. The van der Waals surface area contributed by atoms with Crippen molar-refractivity contribution in [1.29, 1.82) is 0 Å². The van der Waals surface area contributed by atoms with Crippen LogP contribution in [0.1, 0.15) is 39.0 Å². The molecule has 2 heterocycles. The molecule has 1 aromatic heterocycles. The van der Waals surface area contributed by atoms with Gasteiger partial charge in [-0.3, -0.25) is 4.79 Å². The highest BCUT2D eigenvalue weighted by molar-refractivity contribution is 8.00. The molecule has 7 nitrogen and oxygen atoms in total. The van der Waals surface area contributed by atoms with Crippen LogP contribution in [-0.2, 0) is 14.8 Å². The lowest BCUT2D eigenvalue weighted by molar-refractivity contribution is -0.120. The van der Waals surface area contributed by atoms with Gasteiger partial charge in [0, 0.05) is 38.9 Å². The minimum absolute atomic E-state index is 0.0210. The average molecular weight is 453 g/mol. The van der Waals surface area contributed by atoms with E-state index in [9.17, 15) is 13.2 Å². The predicted octanol–water partition coefficient (Wildman–Crippen LogP) is 2.51. The van der Waals surface area contributed by atoms with Gasteiger partial charge in [-0.2, -0.15) is 4.31 Å². The van der Waals surface area contributed by atoms with Crippen molar-refractivity contribution in [2.75, 3.05) is 39.8 Å². The van der Waals surface area contributed by atoms with Crippen molar-refractivity contribution in [1.82, 2.24) is 19.5 Å². The fourth-order valence-corrected chi connectivity index (χ4v) is 5.80. The third-order valence-electron chi connectivity index (χ3n) is 5.61. The van der Waals surface area contributed by atoms with Crippen LogP contribution in [0, 0.1) is 0 Å². The van der Waals surface area contributed by atoms with Gasteiger partial charge in [0.2, 0.25) is 15.9 Å². The topological polar surface area (TPSA) is 82.6 Å². The summed E-state index contributed by atoms with van der Waals surface area (Å²) in [6.45, 7) is 4.93. The summed E-state index contributed by atoms with van der Waals surface area (Å²) >= 11 is 1.34. The van der Waals surface area contributed by atoms with E-state index in [0.29, 0.717) is 24.7 Å². The maximum absolute atomic E-state index is 12.8. The number of allylic oxidation sites excluding steroid dienone is 1. The number of nitrogens with one attached hydrogen (secondary N) is 1. The monoisotopic (exact) mass is 452 g/mol. The highest BCUT2D eigenvalue weighted by atomic mass is 32.2. The van der Waals surface area contributed by atoms with Gasteiger partial charge in [0.05, 0.1) is 10.3 Å². The van der Waals surface area contributed by atoms with Crippen LogP contribution < -0.4 is 5.32 Å². The van der Waals surface area contributed by atoms with Gasteiger partial charge in [-0.05, 0) is 58.2 Å². The Hall–Kier alpha value is -1.42. The van der Waals surface area contributed by atoms with Gasteiger partial charge in [-0.1, -0.05) is 23.4 Å². The first-order chi connectivity index (χ1) is 14.4. The molecule has 1 aliphatic carbocycles. The van der Waals surface area contributed by atoms with Gasteiger partial charge in [-0.25, -0.2) is 13.4 Å². The Balaban J connectivity index is 1.49. The normalized spacial score (nSPS) is 19.9. The first-order valence-corrected chi connectivity index (χ1v) is 13.0. The highest BCUT2D eigenvalue weighted by Crippen LogP contribution is 2.24. The summed E-state index contributed by atoms with van der Waals surface area (Å²) in [7, 11) is -1.53. The first kappa shape index (κ1) is 23.2. The van der Waals surface area contributed by atoms with Crippen molar-refractivity contribution in [3.8, 4) is 0 Å². The second kappa shape index (κ2) is 10.7. The molecule has 1 saturated heterocycles. The van der Waals surface area contributed by atoms with E-state index in [1.165, 1.54) is 40.7 Å². The van der Waals surface area contributed by atoms with Crippen LogP contribution in [0.3, 0.4) is 0 Å². The van der Waals surface area contributed by atoms with Gasteiger partial charge < -0.3 is 10.2 Å². The molecule has 0 unspecified atom stereocenters. The van der Waals surface area contributed by atoms with Crippen molar-refractivity contribution in [3.05, 3.63) is 30.0 Å². The van der Waals surface area contributed by atoms with E-state index in [4.69, 9.17) is 0 Å². The van der Waals surface area contributed by atoms with Crippen molar-refractivity contribution >= 4 is 27.7 Å². The third kappa shape index (κ3) is 6.29. The van der Waals surface area contributed by atoms with E-state index in [2.05, 4.69) is 21.3 Å². The molecule has 0 radical (unpaired) electrons. The number of piperazine rings is 1. The summed E-state index contributed by atoms with van der Waals surface area (Å²) in [5, 5.41) is 3.35. The number of pyridine rings is 1. The van der Waals surface area contributed by atoms with Gasteiger partial charge >= 0.3 is 0 Å². The van der Waals surface area contributed by atoms with E-state index in [1.54, 1.807) is 12.1 Å². The van der Waals surface area contributed by atoms with Crippen molar-refractivity contribution < 1.29 is 13.2 Å². The fraction of sp³-hybridized carbons (Fsp3) is 0.619. The number of sulfonamides is 1. The number of carbonyl (C=O) groups excluding carboxylic acids is 1. The Labute approximate surface area is 184 Å². The third-order valence-corrected chi connectivity index (χ3v) is 8.54. The van der Waals surface area contributed by atoms with E-state index >= 15 is 0 Å². The summed E-state index contributed by atoms with van der Waals surface area (Å²) in [5.41, 5.74) is 1.45. The zero-order valence-electron chi connectivity index (χ0n) is 17.8. The Morgan fingerprint density at radius 3 is 2.63 bits per heavy atom. The van der Waals surface area contributed by atoms with E-state index < -0.39 is 10.0 Å². The molecule has 0 bridgehead atoms. The molecule has 1 fully saturated rings. The van der Waals surface area contributed by atoms with Crippen LogP contribution in [0.4, 0.5) is 0 Å². The summed E-state index contributed by atoms with van der Waals surface area (Å²) in [4.78, 5) is 19.0. The van der Waals surface area contributed by atoms with Gasteiger partial charge in [0.1, 0.15) is 4.90 Å². The molecule has 1 aromatic rings. The van der Waals surface area contributed by atoms with Crippen LogP contribution in [-0.4, -0.2) is 73.5 Å². The molecule has 1 aliphatic heterocycles. The van der Waals surface area contributed by atoms with Crippen LogP contribution in [0.5, 0.6) is 0 Å². The molecule has 0 spiro atoms. The van der Waals surface area contributed by atoms with Crippen molar-refractivity contribution in [2.24, 2.45) is 0 Å². The number of carbonyl (C=O) groups is 1. The number of amides is 1. The lowest BCUT2D eigenvalue weighted by atomic mass is 9.97. The minimum atomic E-state index is -3.52. The Morgan fingerprint density at radius 2 is 2.00 bits per heavy atom. The van der Waals surface area contributed by atoms with Crippen LogP contribution in [0.25, 0.3) is 0 Å². The second-order valence-corrected chi connectivity index (χ2v) is 11.2. The average Bonchev–Trinajstić information content (AvgIpc) is 2.75. The number of hydrogen-bond donors (Lipinski definition) is 1. The first-order valence-electron chi connectivity index (χ1n) is 10.6. The number of likely N-dealkylation sites (N-methyl/N-ethyl adjacent to an activating group) is 1. The number of nitrogens with zero attached hydrogens (tertiary/aromatic N) is 3. The summed E-state index contributed by atoms with van der Waals surface area (Å²) in [6.07, 6.45) is 9.44. The largest absolute Gasteiger partial charge is 0.355 e. The molecule has 2 aliphatic rings. The van der Waals surface area contributed by atoms with Gasteiger partial charge in [0.15, 0.2) is 0 Å². The van der Waals surface area contributed by atoms with Gasteiger partial charge in [-0.15, -0.1) is 0 Å². The second-order valence-electron chi connectivity index (χ2n) is 7.95. The fourth-order valence-electron chi connectivity index (χ4n) is 3.62. The summed E-state index contributed by atoms with van der Waals surface area (Å²) < 4.78 is 27.1. The molecule has 1 atom stereocenters. The van der Waals surface area contributed by atoms with Gasteiger partial charge in [0.25, 0.3) is 0 Å². The summed E-state index contributed by atoms with van der Waals surface area (Å²) in [5.74, 6) is -0.0210. The maximum Gasteiger partial charge on any atom is 0.244 e. The van der Waals surface area contributed by atoms with Crippen LogP contribution >= 0.6 is 11.8 Å². The number of hydrogen-bond acceptors (Lipinski definition) is 6. The number of rotatable bonds is 8. The van der Waals surface area contributed by atoms with Crippen molar-refractivity contribution in [2.45, 2.75) is 54.2 Å². The Kier molecular flexibility index (Phi) is 8.33. The van der Waals surface area contributed by atoms with E-state index in [0.717, 1.165) is 32.4 Å². The summed E-state index contributed by atoms with van der Waals surface area (Å²) in [6, 6.07) is 3.27. The minimum Gasteiger partial charge on any atom is -0.355 e. The van der Waals surface area contributed by atoms with Crippen LogP contribution in [0.15, 0.2) is 39.9 Å². The van der Waals surface area contributed by atoms with Crippen molar-refractivity contribution in [3.63, 3.8) is 0 Å². The predicted molar refractivity (Wildman–Crippen MR) is 120 cm³/mol. The molecular weight excluding hydrogens is 420 g/mol. The van der Waals surface area contributed by atoms with E-state index in [1.807, 2.05) is 14.0 Å². The zero-order chi connectivity index (χ0) is 21.6. The molecule has 30 heavy (non-hydrogen) atoms. The lowest BCUT2D eigenvalue weighted by Gasteiger charge is -2.31. The molecule has 166 valence electrons. The van der Waals surface area contributed by atoms with Crippen LogP contribution in [0.2, 0.25) is 0 Å². The highest BCUT2D eigenvalue weighted by Gasteiger charge is 2.27. The molecule has 1 N–H and O–H groups in total. The molecule has 9 heteroatoms. The molecule has 0 saturated carbocycles. The standard InChI is InChI=1S/C21H32N4O3S2/c1-17(21(26)22-11-10-18-6-4-3-5-7-18)29-20-9-8-19(16-23-20)30(27,28)25-14-12-24(2)13-15-25/h6,8-9,16-17H,3-5,7,10-15H2,1-2H3,(H,22,26)/t17-/m0/s1. The molecule has 0 aromatic carbocycles. The maximum atomic E-state index is 12.8. The molecular formula is C21H32N4O3S2. The SMILES string of the molecule is C[C@H](Sc1ccc(S(=O)(=O)N2CCN(C)CC2)cn1)C(=O)NCCC1=CCCCC1. The van der Waals surface area contributed by atoms with E-state index in [-0.39, 0.29) is 16.1 Å².